The van der Waals surface area contributed by atoms with E-state index in [9.17, 15) is 0 Å². The summed E-state index contributed by atoms with van der Waals surface area (Å²) < 4.78 is 5.35. The molecule has 0 saturated carbocycles. The molecule has 2 N–H and O–H groups in total. The third kappa shape index (κ3) is 4.56. The van der Waals surface area contributed by atoms with Crippen LogP contribution < -0.4 is 15.4 Å². The van der Waals surface area contributed by atoms with Gasteiger partial charge in [-0.05, 0) is 38.7 Å². The average molecular weight is 302 g/mol. The molecule has 1 aromatic heterocycles. The summed E-state index contributed by atoms with van der Waals surface area (Å²) in [6.07, 6.45) is 1.58. The molecule has 22 heavy (non-hydrogen) atoms. The zero-order chi connectivity index (χ0) is 15.9. The Hall–Kier alpha value is -2.41. The van der Waals surface area contributed by atoms with Crippen LogP contribution in [-0.4, -0.2) is 54.4 Å². The van der Waals surface area contributed by atoms with Gasteiger partial charge >= 0.3 is 0 Å². The number of hydrogen-bond donors (Lipinski definition) is 2. The van der Waals surface area contributed by atoms with Gasteiger partial charge in [0.2, 0.25) is 5.95 Å². The highest BCUT2D eigenvalue weighted by Crippen LogP contribution is 2.27. The van der Waals surface area contributed by atoms with Crippen LogP contribution in [-0.2, 0) is 0 Å². The van der Waals surface area contributed by atoms with E-state index in [1.165, 1.54) is 0 Å². The van der Waals surface area contributed by atoms with Gasteiger partial charge in [-0.15, -0.1) is 5.10 Å². The minimum absolute atomic E-state index is 0.499. The van der Waals surface area contributed by atoms with Gasteiger partial charge in [0.15, 0.2) is 5.82 Å². The lowest BCUT2D eigenvalue weighted by atomic mass is 10.2. The number of nitrogens with zero attached hydrogens (tertiary/aromatic N) is 4. The number of aryl methyl sites for hydroxylation is 1. The van der Waals surface area contributed by atoms with E-state index < -0.39 is 0 Å². The molecular weight excluding hydrogens is 280 g/mol. The second kappa shape index (κ2) is 7.56. The van der Waals surface area contributed by atoms with Crippen LogP contribution in [0.1, 0.15) is 5.56 Å². The van der Waals surface area contributed by atoms with Crippen molar-refractivity contribution in [1.29, 1.82) is 0 Å². The van der Waals surface area contributed by atoms with E-state index in [-0.39, 0.29) is 0 Å². The molecule has 0 spiro atoms. The molecule has 1 aromatic carbocycles. The van der Waals surface area contributed by atoms with Crippen LogP contribution in [0.15, 0.2) is 24.4 Å². The van der Waals surface area contributed by atoms with Crippen molar-refractivity contribution >= 4 is 17.5 Å². The van der Waals surface area contributed by atoms with E-state index >= 15 is 0 Å². The van der Waals surface area contributed by atoms with Gasteiger partial charge in [0.25, 0.3) is 0 Å². The van der Waals surface area contributed by atoms with Crippen LogP contribution >= 0.6 is 0 Å². The lowest BCUT2D eigenvalue weighted by Gasteiger charge is -2.12. The molecule has 1 heterocycles. The third-order valence-corrected chi connectivity index (χ3v) is 3.02. The quantitative estimate of drug-likeness (QED) is 0.809. The van der Waals surface area contributed by atoms with Gasteiger partial charge in [0, 0.05) is 13.1 Å². The predicted octanol–water partition coefficient (Wildman–Crippen LogP) is 1.91. The molecule has 7 nitrogen and oxygen atoms in total. The Labute approximate surface area is 130 Å². The Kier molecular flexibility index (Phi) is 5.48. The fraction of sp³-hybridized carbons (Fsp3) is 0.400. The first-order valence-corrected chi connectivity index (χ1v) is 7.08. The molecular formula is C15H22N6O. The third-order valence-electron chi connectivity index (χ3n) is 3.02. The number of ether oxygens (including phenoxy) is 1. The van der Waals surface area contributed by atoms with Gasteiger partial charge in [-0.2, -0.15) is 10.1 Å². The van der Waals surface area contributed by atoms with Gasteiger partial charge < -0.3 is 20.3 Å². The molecule has 0 aliphatic rings. The summed E-state index contributed by atoms with van der Waals surface area (Å²) in [6, 6.07) is 5.92. The van der Waals surface area contributed by atoms with Crippen molar-refractivity contribution in [2.24, 2.45) is 0 Å². The Morgan fingerprint density at radius 3 is 2.82 bits per heavy atom. The topological polar surface area (TPSA) is 75.2 Å². The van der Waals surface area contributed by atoms with Crippen LogP contribution in [0.5, 0.6) is 5.75 Å². The van der Waals surface area contributed by atoms with Crippen LogP contribution in [0.25, 0.3) is 0 Å². The first kappa shape index (κ1) is 16.0. The summed E-state index contributed by atoms with van der Waals surface area (Å²) in [6.45, 7) is 3.68. The fourth-order valence-electron chi connectivity index (χ4n) is 1.89. The molecule has 2 aromatic rings. The number of hydrogen-bond acceptors (Lipinski definition) is 7. The molecule has 0 saturated heterocycles. The van der Waals surface area contributed by atoms with Gasteiger partial charge in [0.1, 0.15) is 5.75 Å². The van der Waals surface area contributed by atoms with E-state index in [4.69, 9.17) is 4.74 Å². The van der Waals surface area contributed by atoms with E-state index in [2.05, 4.69) is 30.7 Å². The fourth-order valence-corrected chi connectivity index (χ4v) is 1.89. The summed E-state index contributed by atoms with van der Waals surface area (Å²) in [7, 11) is 5.67. The largest absolute Gasteiger partial charge is 0.495 e. The number of anilines is 3. The number of rotatable bonds is 7. The van der Waals surface area contributed by atoms with Gasteiger partial charge in [-0.25, -0.2) is 0 Å². The van der Waals surface area contributed by atoms with Crippen molar-refractivity contribution < 1.29 is 4.74 Å². The van der Waals surface area contributed by atoms with Crippen molar-refractivity contribution in [2.75, 3.05) is 44.9 Å². The minimum atomic E-state index is 0.499. The summed E-state index contributed by atoms with van der Waals surface area (Å²) in [4.78, 5) is 6.48. The average Bonchev–Trinajstić information content (AvgIpc) is 2.47. The predicted molar refractivity (Wildman–Crippen MR) is 87.9 cm³/mol. The molecule has 0 aliphatic carbocycles. The Bertz CT molecular complexity index is 617. The Morgan fingerprint density at radius 2 is 2.09 bits per heavy atom. The lowest BCUT2D eigenvalue weighted by molar-refractivity contribution is 0.416. The number of likely N-dealkylation sites (N-methyl/N-ethyl adjacent to an activating group) is 1. The zero-order valence-corrected chi connectivity index (χ0v) is 13.4. The van der Waals surface area contributed by atoms with Gasteiger partial charge in [0.05, 0.1) is 19.0 Å². The number of benzene rings is 1. The SMILES string of the molecule is COc1ccc(C)cc1Nc1cnnc(NCCN(C)C)n1. The smallest absolute Gasteiger partial charge is 0.244 e. The summed E-state index contributed by atoms with van der Waals surface area (Å²) in [5.74, 6) is 1.87. The van der Waals surface area contributed by atoms with E-state index in [0.717, 1.165) is 30.1 Å². The van der Waals surface area contributed by atoms with E-state index in [1.54, 1.807) is 13.3 Å². The second-order valence-electron chi connectivity index (χ2n) is 5.22. The van der Waals surface area contributed by atoms with Crippen LogP contribution in [0, 0.1) is 6.92 Å². The first-order valence-electron chi connectivity index (χ1n) is 7.08. The van der Waals surface area contributed by atoms with Crippen molar-refractivity contribution in [3.8, 4) is 5.75 Å². The Morgan fingerprint density at radius 1 is 1.27 bits per heavy atom. The molecule has 118 valence electrons. The first-order chi connectivity index (χ1) is 10.6. The normalized spacial score (nSPS) is 10.6. The standard InChI is InChI=1S/C15H22N6O/c1-11-5-6-13(22-4)12(9-11)18-14-10-17-20-15(19-14)16-7-8-21(2)3/h5-6,9-10H,7-8H2,1-4H3,(H2,16,18,19,20). The second-order valence-corrected chi connectivity index (χ2v) is 5.22. The minimum Gasteiger partial charge on any atom is -0.495 e. The van der Waals surface area contributed by atoms with E-state index in [1.807, 2.05) is 39.2 Å². The molecule has 0 aliphatic heterocycles. The summed E-state index contributed by atoms with van der Waals surface area (Å²) in [5.41, 5.74) is 1.98. The molecule has 2 rings (SSSR count). The number of methoxy groups -OCH3 is 1. The highest BCUT2D eigenvalue weighted by Gasteiger charge is 2.06. The van der Waals surface area contributed by atoms with Crippen LogP contribution in [0.4, 0.5) is 17.5 Å². The van der Waals surface area contributed by atoms with Crippen LogP contribution in [0.2, 0.25) is 0 Å². The molecule has 0 radical (unpaired) electrons. The number of aromatic nitrogens is 3. The van der Waals surface area contributed by atoms with Crippen molar-refractivity contribution in [2.45, 2.75) is 6.92 Å². The zero-order valence-electron chi connectivity index (χ0n) is 13.4. The maximum atomic E-state index is 5.35. The van der Waals surface area contributed by atoms with Gasteiger partial charge in [-0.1, -0.05) is 6.07 Å². The van der Waals surface area contributed by atoms with E-state index in [0.29, 0.717) is 11.8 Å². The maximum Gasteiger partial charge on any atom is 0.244 e. The maximum absolute atomic E-state index is 5.35. The molecule has 0 atom stereocenters. The van der Waals surface area contributed by atoms with Gasteiger partial charge in [-0.3, -0.25) is 0 Å². The highest BCUT2D eigenvalue weighted by molar-refractivity contribution is 5.65. The summed E-state index contributed by atoms with van der Waals surface area (Å²) in [5, 5.41) is 14.3. The highest BCUT2D eigenvalue weighted by atomic mass is 16.5. The molecule has 0 amide bonds. The molecule has 0 unspecified atom stereocenters. The Balaban J connectivity index is 2.08. The van der Waals surface area contributed by atoms with Crippen molar-refractivity contribution in [3.05, 3.63) is 30.0 Å². The molecule has 0 fully saturated rings. The molecule has 0 bridgehead atoms. The van der Waals surface area contributed by atoms with Crippen LogP contribution in [0.3, 0.4) is 0 Å². The van der Waals surface area contributed by atoms with Crippen molar-refractivity contribution in [1.82, 2.24) is 20.1 Å². The molecule has 7 heteroatoms. The number of nitrogens with one attached hydrogen (secondary N) is 2. The van der Waals surface area contributed by atoms with Crippen molar-refractivity contribution in [3.63, 3.8) is 0 Å². The lowest BCUT2D eigenvalue weighted by Crippen LogP contribution is -2.21. The summed E-state index contributed by atoms with van der Waals surface area (Å²) >= 11 is 0. The monoisotopic (exact) mass is 302 g/mol.